The van der Waals surface area contributed by atoms with Crippen LogP contribution in [0.3, 0.4) is 0 Å². The summed E-state index contributed by atoms with van der Waals surface area (Å²) in [5, 5.41) is 0. The third kappa shape index (κ3) is 3.05. The molecule has 4 heteroatoms. The number of ether oxygens (including phenoxy) is 2. The average Bonchev–Trinajstić information content (AvgIpc) is 2.12. The molecule has 14 heavy (non-hydrogen) atoms. The van der Waals surface area contributed by atoms with E-state index in [4.69, 9.17) is 9.47 Å². The van der Waals surface area contributed by atoms with Crippen LogP contribution in [0.5, 0.6) is 0 Å². The van der Waals surface area contributed by atoms with Crippen molar-refractivity contribution >= 4 is 0 Å². The van der Waals surface area contributed by atoms with Crippen molar-refractivity contribution in [1.82, 2.24) is 9.97 Å². The summed E-state index contributed by atoms with van der Waals surface area (Å²) in [6.45, 7) is 3.83. The molecule has 0 N–H and O–H groups in total. The monoisotopic (exact) mass is 196 g/mol. The molecule has 1 aromatic rings. The summed E-state index contributed by atoms with van der Waals surface area (Å²) in [6.07, 6.45) is 0.417. The highest BCUT2D eigenvalue weighted by atomic mass is 16.7. The molecule has 0 unspecified atom stereocenters. The van der Waals surface area contributed by atoms with Crippen molar-refractivity contribution in [2.75, 3.05) is 14.2 Å². The van der Waals surface area contributed by atoms with Gasteiger partial charge in [0.2, 0.25) is 0 Å². The van der Waals surface area contributed by atoms with Gasteiger partial charge < -0.3 is 9.47 Å². The van der Waals surface area contributed by atoms with E-state index in [1.807, 2.05) is 19.9 Å². The minimum absolute atomic E-state index is 0.233. The first-order valence-electron chi connectivity index (χ1n) is 4.52. The lowest BCUT2D eigenvalue weighted by Crippen LogP contribution is -2.17. The van der Waals surface area contributed by atoms with Gasteiger partial charge in [-0.15, -0.1) is 0 Å². The maximum atomic E-state index is 5.10. The summed E-state index contributed by atoms with van der Waals surface area (Å²) in [5.74, 6) is 0.783. The lowest BCUT2D eigenvalue weighted by atomic mass is 10.2. The predicted molar refractivity (Wildman–Crippen MR) is 53.0 cm³/mol. The number of nitrogens with zero attached hydrogens (tertiary/aromatic N) is 2. The van der Waals surface area contributed by atoms with Gasteiger partial charge in [0.15, 0.2) is 6.29 Å². The fourth-order valence-corrected chi connectivity index (χ4v) is 1.33. The van der Waals surface area contributed by atoms with Crippen molar-refractivity contribution in [3.63, 3.8) is 0 Å². The molecule has 0 aliphatic rings. The molecule has 0 spiro atoms. The van der Waals surface area contributed by atoms with Crippen LogP contribution < -0.4 is 0 Å². The Hall–Kier alpha value is -1.00. The molecule has 0 aliphatic heterocycles. The molecule has 78 valence electrons. The molecule has 0 saturated heterocycles. The van der Waals surface area contributed by atoms with Crippen LogP contribution in [0.15, 0.2) is 6.07 Å². The highest BCUT2D eigenvalue weighted by Crippen LogP contribution is 2.05. The number of rotatable bonds is 4. The van der Waals surface area contributed by atoms with E-state index in [0.717, 1.165) is 17.2 Å². The van der Waals surface area contributed by atoms with Crippen LogP contribution in [0.1, 0.15) is 17.2 Å². The Bertz CT molecular complexity index is 278. The maximum absolute atomic E-state index is 5.10. The van der Waals surface area contributed by atoms with E-state index in [0.29, 0.717) is 6.42 Å². The molecular formula is C10H16N2O2. The van der Waals surface area contributed by atoms with Crippen LogP contribution in [0.2, 0.25) is 0 Å². The van der Waals surface area contributed by atoms with Crippen molar-refractivity contribution in [2.45, 2.75) is 26.6 Å². The van der Waals surface area contributed by atoms with Crippen molar-refractivity contribution in [1.29, 1.82) is 0 Å². The molecule has 1 heterocycles. The quantitative estimate of drug-likeness (QED) is 0.680. The minimum atomic E-state index is -0.233. The summed E-state index contributed by atoms with van der Waals surface area (Å²) in [4.78, 5) is 8.50. The van der Waals surface area contributed by atoms with Crippen LogP contribution >= 0.6 is 0 Å². The van der Waals surface area contributed by atoms with Crippen molar-refractivity contribution in [3.05, 3.63) is 23.3 Å². The smallest absolute Gasteiger partial charge is 0.162 e. The zero-order valence-corrected chi connectivity index (χ0v) is 9.07. The van der Waals surface area contributed by atoms with Crippen LogP contribution in [0.4, 0.5) is 0 Å². The average molecular weight is 196 g/mol. The van der Waals surface area contributed by atoms with Gasteiger partial charge in [0.1, 0.15) is 5.82 Å². The fourth-order valence-electron chi connectivity index (χ4n) is 1.33. The number of aromatic nitrogens is 2. The molecule has 0 bridgehead atoms. The number of hydrogen-bond donors (Lipinski definition) is 0. The summed E-state index contributed by atoms with van der Waals surface area (Å²) in [7, 11) is 3.24. The van der Waals surface area contributed by atoms with Crippen molar-refractivity contribution in [3.8, 4) is 0 Å². The molecule has 0 radical (unpaired) electrons. The molecule has 0 aromatic carbocycles. The largest absolute Gasteiger partial charge is 0.356 e. The molecule has 1 aromatic heterocycles. The summed E-state index contributed by atoms with van der Waals surface area (Å²) in [5.41, 5.74) is 1.92. The standard InChI is InChI=1S/C10H16N2O2/c1-7-5-9(12-8(2)11-7)6-10(13-3)14-4/h5,10H,6H2,1-4H3. The second kappa shape index (κ2) is 5.02. The van der Waals surface area contributed by atoms with Crippen LogP contribution in [-0.4, -0.2) is 30.5 Å². The molecule has 4 nitrogen and oxygen atoms in total. The Morgan fingerprint density at radius 3 is 2.36 bits per heavy atom. The van der Waals surface area contributed by atoms with Gasteiger partial charge in [-0.2, -0.15) is 0 Å². The van der Waals surface area contributed by atoms with Crippen molar-refractivity contribution < 1.29 is 9.47 Å². The Balaban J connectivity index is 2.75. The molecular weight excluding hydrogens is 180 g/mol. The second-order valence-corrected chi connectivity index (χ2v) is 3.15. The van der Waals surface area contributed by atoms with E-state index in [9.17, 15) is 0 Å². The molecule has 0 atom stereocenters. The van der Waals surface area contributed by atoms with Gasteiger partial charge >= 0.3 is 0 Å². The Morgan fingerprint density at radius 1 is 1.21 bits per heavy atom. The van der Waals surface area contributed by atoms with E-state index in [1.54, 1.807) is 14.2 Å². The van der Waals surface area contributed by atoms with Crippen molar-refractivity contribution in [2.24, 2.45) is 0 Å². The second-order valence-electron chi connectivity index (χ2n) is 3.15. The summed E-state index contributed by atoms with van der Waals surface area (Å²) >= 11 is 0. The highest BCUT2D eigenvalue weighted by Gasteiger charge is 2.08. The van der Waals surface area contributed by atoms with E-state index in [1.165, 1.54) is 0 Å². The zero-order valence-electron chi connectivity index (χ0n) is 9.07. The van der Waals surface area contributed by atoms with Gasteiger partial charge in [-0.1, -0.05) is 0 Å². The molecule has 0 saturated carbocycles. The van der Waals surface area contributed by atoms with E-state index in [-0.39, 0.29) is 6.29 Å². The third-order valence-electron chi connectivity index (χ3n) is 1.92. The first-order chi connectivity index (χ1) is 6.65. The first kappa shape index (κ1) is 11.1. The molecule has 0 fully saturated rings. The van der Waals surface area contributed by atoms with Gasteiger partial charge in [-0.05, 0) is 19.9 Å². The normalized spacial score (nSPS) is 10.9. The van der Waals surface area contributed by atoms with Gasteiger partial charge in [-0.3, -0.25) is 0 Å². The first-order valence-corrected chi connectivity index (χ1v) is 4.52. The number of aryl methyl sites for hydroxylation is 2. The predicted octanol–water partition coefficient (Wildman–Crippen LogP) is 1.25. The Kier molecular flexibility index (Phi) is 3.98. The van der Waals surface area contributed by atoms with E-state index >= 15 is 0 Å². The zero-order chi connectivity index (χ0) is 10.6. The summed E-state index contributed by atoms with van der Waals surface area (Å²) in [6, 6.07) is 1.94. The Labute approximate surface area is 84.3 Å². The maximum Gasteiger partial charge on any atom is 0.162 e. The van der Waals surface area contributed by atoms with Gasteiger partial charge in [0, 0.05) is 32.0 Å². The SMILES string of the molecule is COC(Cc1cc(C)nc(C)n1)OC. The van der Waals surface area contributed by atoms with Crippen LogP contribution in [-0.2, 0) is 15.9 Å². The molecule has 1 rings (SSSR count). The van der Waals surface area contributed by atoms with E-state index in [2.05, 4.69) is 9.97 Å². The molecule has 0 amide bonds. The van der Waals surface area contributed by atoms with Gasteiger partial charge in [0.25, 0.3) is 0 Å². The highest BCUT2D eigenvalue weighted by molar-refractivity contribution is 5.09. The van der Waals surface area contributed by atoms with Crippen LogP contribution in [0.25, 0.3) is 0 Å². The lowest BCUT2D eigenvalue weighted by Gasteiger charge is -2.12. The summed E-state index contributed by atoms with van der Waals surface area (Å²) < 4.78 is 10.2. The van der Waals surface area contributed by atoms with E-state index < -0.39 is 0 Å². The third-order valence-corrected chi connectivity index (χ3v) is 1.92. The van der Waals surface area contributed by atoms with Crippen LogP contribution in [0, 0.1) is 13.8 Å². The van der Waals surface area contributed by atoms with Gasteiger partial charge in [0.05, 0.1) is 0 Å². The lowest BCUT2D eigenvalue weighted by molar-refractivity contribution is -0.101. The molecule has 0 aliphatic carbocycles. The number of methoxy groups -OCH3 is 2. The Morgan fingerprint density at radius 2 is 1.86 bits per heavy atom. The fraction of sp³-hybridized carbons (Fsp3) is 0.600. The van der Waals surface area contributed by atoms with Gasteiger partial charge in [-0.25, -0.2) is 9.97 Å². The minimum Gasteiger partial charge on any atom is -0.356 e. The number of hydrogen-bond acceptors (Lipinski definition) is 4. The topological polar surface area (TPSA) is 44.2 Å².